The molecular weight excluding hydrogens is 376 g/mol. The Morgan fingerprint density at radius 1 is 1.44 bits per heavy atom. The van der Waals surface area contributed by atoms with Gasteiger partial charge in [0.25, 0.3) is 5.91 Å². The van der Waals surface area contributed by atoms with E-state index >= 15 is 0 Å². The lowest BCUT2D eigenvalue weighted by Gasteiger charge is -2.33. The molecule has 0 saturated carbocycles. The summed E-state index contributed by atoms with van der Waals surface area (Å²) < 4.78 is 40.7. The number of carbonyl (C=O) groups excluding carboxylic acids is 1. The van der Waals surface area contributed by atoms with Gasteiger partial charge in [0, 0.05) is 11.3 Å². The van der Waals surface area contributed by atoms with Crippen LogP contribution in [0.5, 0.6) is 0 Å². The lowest BCUT2D eigenvalue weighted by molar-refractivity contribution is 0.102. The molecule has 3 N–H and O–H groups in total. The number of guanidine groups is 1. The first-order valence-electron chi connectivity index (χ1n) is 7.96. The van der Waals surface area contributed by atoms with E-state index in [0.29, 0.717) is 11.3 Å². The monoisotopic (exact) mass is 393 g/mol. The van der Waals surface area contributed by atoms with Gasteiger partial charge in [-0.05, 0) is 36.8 Å². The SMILES string of the molecule is Cc1cc(F)cnc1C(=O)Nc1ccc(F)c(C2C[S+]([O-])N(C)C(=N)N2)c1. The summed E-state index contributed by atoms with van der Waals surface area (Å²) in [6.07, 6.45) is 0.946. The van der Waals surface area contributed by atoms with E-state index in [4.69, 9.17) is 5.41 Å². The van der Waals surface area contributed by atoms with Crippen LogP contribution in [0.25, 0.3) is 0 Å². The van der Waals surface area contributed by atoms with Gasteiger partial charge in [0.15, 0.2) is 5.75 Å². The van der Waals surface area contributed by atoms with Gasteiger partial charge in [-0.3, -0.25) is 10.2 Å². The van der Waals surface area contributed by atoms with E-state index in [1.807, 2.05) is 0 Å². The van der Waals surface area contributed by atoms with Crippen molar-refractivity contribution in [3.8, 4) is 0 Å². The normalized spacial score (nSPS) is 19.6. The minimum Gasteiger partial charge on any atom is -0.593 e. The maximum Gasteiger partial charge on any atom is 0.274 e. The van der Waals surface area contributed by atoms with Gasteiger partial charge in [-0.2, -0.15) is 4.31 Å². The van der Waals surface area contributed by atoms with Crippen molar-refractivity contribution < 1.29 is 18.1 Å². The molecule has 1 saturated heterocycles. The number of hydrogen-bond donors (Lipinski definition) is 3. The Bertz CT molecular complexity index is 911. The Balaban J connectivity index is 1.83. The Hall–Kier alpha value is -2.72. The van der Waals surface area contributed by atoms with Crippen LogP contribution >= 0.6 is 0 Å². The molecule has 0 aliphatic carbocycles. The zero-order valence-electron chi connectivity index (χ0n) is 14.5. The molecule has 2 heterocycles. The van der Waals surface area contributed by atoms with Crippen LogP contribution in [-0.2, 0) is 11.4 Å². The first-order chi connectivity index (χ1) is 12.8. The van der Waals surface area contributed by atoms with Crippen molar-refractivity contribution in [1.29, 1.82) is 5.41 Å². The summed E-state index contributed by atoms with van der Waals surface area (Å²) in [6.45, 7) is 1.56. The molecule has 1 amide bonds. The topological polar surface area (TPSA) is 104 Å². The van der Waals surface area contributed by atoms with Crippen LogP contribution in [0.1, 0.15) is 27.7 Å². The molecular formula is C17H17F2N5O2S. The Labute approximate surface area is 157 Å². The van der Waals surface area contributed by atoms with Crippen LogP contribution in [0.3, 0.4) is 0 Å². The summed E-state index contributed by atoms with van der Waals surface area (Å²) in [5.74, 6) is -1.64. The molecule has 27 heavy (non-hydrogen) atoms. The maximum atomic E-state index is 14.3. The zero-order valence-corrected chi connectivity index (χ0v) is 15.4. The van der Waals surface area contributed by atoms with Gasteiger partial charge in [0.2, 0.25) is 5.96 Å². The van der Waals surface area contributed by atoms with Crippen molar-refractivity contribution in [3.05, 3.63) is 58.9 Å². The number of nitrogens with zero attached hydrogens (tertiary/aromatic N) is 2. The fourth-order valence-corrected chi connectivity index (χ4v) is 3.71. The van der Waals surface area contributed by atoms with E-state index in [9.17, 15) is 18.1 Å². The van der Waals surface area contributed by atoms with E-state index in [2.05, 4.69) is 15.6 Å². The molecule has 1 fully saturated rings. The third kappa shape index (κ3) is 4.01. The standard InChI is InChI=1S/C17H17F2N5O2S/c1-9-5-10(18)7-21-15(9)16(25)22-11-3-4-13(19)12(6-11)14-8-27(26)24(2)17(20)23-14/h3-7,14H,8H2,1-2H3,(H2,20,23)(H,22,25). The molecule has 1 aliphatic rings. The summed E-state index contributed by atoms with van der Waals surface area (Å²) >= 11 is -1.46. The van der Waals surface area contributed by atoms with Crippen LogP contribution in [0, 0.1) is 24.0 Å². The van der Waals surface area contributed by atoms with Crippen LogP contribution in [-0.4, -0.2) is 38.5 Å². The Morgan fingerprint density at radius 2 is 2.19 bits per heavy atom. The smallest absolute Gasteiger partial charge is 0.274 e. The number of halogens is 2. The number of rotatable bonds is 3. The van der Waals surface area contributed by atoms with Gasteiger partial charge >= 0.3 is 0 Å². The molecule has 2 unspecified atom stereocenters. The highest BCUT2D eigenvalue weighted by atomic mass is 32.2. The highest BCUT2D eigenvalue weighted by molar-refractivity contribution is 7.89. The molecule has 2 aromatic rings. The largest absolute Gasteiger partial charge is 0.593 e. The second-order valence-electron chi connectivity index (χ2n) is 6.04. The maximum absolute atomic E-state index is 14.3. The van der Waals surface area contributed by atoms with Gasteiger partial charge in [0.05, 0.1) is 24.6 Å². The Kier molecular flexibility index (Phi) is 5.29. The molecule has 0 spiro atoms. The first kappa shape index (κ1) is 19.1. The highest BCUT2D eigenvalue weighted by Gasteiger charge is 2.33. The molecule has 0 bridgehead atoms. The highest BCUT2D eigenvalue weighted by Crippen LogP contribution is 2.26. The molecule has 0 radical (unpaired) electrons. The predicted molar refractivity (Wildman–Crippen MR) is 97.7 cm³/mol. The van der Waals surface area contributed by atoms with Gasteiger partial charge in [-0.25, -0.2) is 13.8 Å². The van der Waals surface area contributed by atoms with Crippen LogP contribution in [0.15, 0.2) is 30.5 Å². The fourth-order valence-electron chi connectivity index (χ4n) is 2.68. The van der Waals surface area contributed by atoms with E-state index in [0.717, 1.165) is 6.20 Å². The number of aromatic nitrogens is 1. The number of benzene rings is 1. The third-order valence-electron chi connectivity index (χ3n) is 4.13. The van der Waals surface area contributed by atoms with Gasteiger partial charge in [0.1, 0.15) is 23.4 Å². The third-order valence-corrected chi connectivity index (χ3v) is 5.54. The number of amides is 1. The minimum atomic E-state index is -1.46. The minimum absolute atomic E-state index is 0.0579. The van der Waals surface area contributed by atoms with Crippen molar-refractivity contribution in [2.45, 2.75) is 13.0 Å². The number of pyridine rings is 1. The number of anilines is 1. The lowest BCUT2D eigenvalue weighted by atomic mass is 10.1. The number of carbonyl (C=O) groups is 1. The van der Waals surface area contributed by atoms with Crippen LogP contribution in [0.2, 0.25) is 0 Å². The lowest BCUT2D eigenvalue weighted by Crippen LogP contribution is -2.52. The van der Waals surface area contributed by atoms with Crippen molar-refractivity contribution in [3.63, 3.8) is 0 Å². The van der Waals surface area contributed by atoms with Gasteiger partial charge in [-0.15, -0.1) is 0 Å². The number of aryl methyl sites for hydroxylation is 1. The van der Waals surface area contributed by atoms with Crippen LogP contribution in [0.4, 0.5) is 14.5 Å². The van der Waals surface area contributed by atoms with E-state index in [-0.39, 0.29) is 23.0 Å². The van der Waals surface area contributed by atoms with Gasteiger partial charge in [-0.1, -0.05) is 0 Å². The van der Waals surface area contributed by atoms with E-state index in [1.54, 1.807) is 6.92 Å². The second-order valence-corrected chi connectivity index (χ2v) is 7.56. The van der Waals surface area contributed by atoms with Crippen LogP contribution < -0.4 is 10.6 Å². The second kappa shape index (κ2) is 7.49. The fraction of sp³-hybridized carbons (Fsp3) is 0.235. The molecule has 1 aliphatic heterocycles. The summed E-state index contributed by atoms with van der Waals surface area (Å²) in [7, 11) is 1.51. The first-order valence-corrected chi connectivity index (χ1v) is 9.24. The van der Waals surface area contributed by atoms with Crippen molar-refractivity contribution in [2.75, 3.05) is 18.1 Å². The molecule has 10 heteroatoms. The molecule has 2 atom stereocenters. The average Bonchev–Trinajstić information content (AvgIpc) is 2.60. The van der Waals surface area contributed by atoms with Crippen molar-refractivity contribution in [2.24, 2.45) is 0 Å². The van der Waals surface area contributed by atoms with Gasteiger partial charge < -0.3 is 15.2 Å². The Morgan fingerprint density at radius 3 is 2.85 bits per heavy atom. The summed E-state index contributed by atoms with van der Waals surface area (Å²) in [5.41, 5.74) is 0.918. The number of hydrogen-bond acceptors (Lipinski definition) is 4. The van der Waals surface area contributed by atoms with Crippen molar-refractivity contribution in [1.82, 2.24) is 14.6 Å². The number of nitrogens with one attached hydrogen (secondary N) is 3. The molecule has 1 aromatic heterocycles. The zero-order chi connectivity index (χ0) is 19.7. The average molecular weight is 393 g/mol. The molecule has 3 rings (SSSR count). The molecule has 7 nitrogen and oxygen atoms in total. The predicted octanol–water partition coefficient (Wildman–Crippen LogP) is 2.10. The molecule has 142 valence electrons. The quantitative estimate of drug-likeness (QED) is 0.693. The summed E-state index contributed by atoms with van der Waals surface area (Å²) in [5, 5.41) is 13.2. The summed E-state index contributed by atoms with van der Waals surface area (Å²) in [4.78, 5) is 16.2. The van der Waals surface area contributed by atoms with E-state index in [1.165, 1.54) is 35.6 Å². The van der Waals surface area contributed by atoms with Crippen molar-refractivity contribution >= 4 is 28.9 Å². The van der Waals surface area contributed by atoms with E-state index < -0.39 is 34.9 Å². The molecule has 1 aromatic carbocycles. The summed E-state index contributed by atoms with van der Waals surface area (Å²) in [6, 6.07) is 4.51.